The molecule has 0 spiro atoms. The molecule has 1 heterocycles. The van der Waals surface area contributed by atoms with E-state index in [4.69, 9.17) is 0 Å². The molecule has 27 heavy (non-hydrogen) atoms. The van der Waals surface area contributed by atoms with E-state index in [1.54, 1.807) is 60.4 Å². The van der Waals surface area contributed by atoms with Crippen molar-refractivity contribution in [3.8, 4) is 0 Å². The topological polar surface area (TPSA) is 90.3 Å². The van der Waals surface area contributed by atoms with Gasteiger partial charge in [-0.25, -0.2) is 9.78 Å². The molecule has 0 saturated carbocycles. The van der Waals surface area contributed by atoms with Crippen LogP contribution in [0.1, 0.15) is 36.9 Å². The van der Waals surface area contributed by atoms with E-state index in [2.05, 4.69) is 15.0 Å². The number of esters is 1. The molecule has 0 bridgehead atoms. The fourth-order valence-electron chi connectivity index (χ4n) is 2.50. The first-order valence-corrected chi connectivity index (χ1v) is 8.11. The number of amides is 1. The van der Waals surface area contributed by atoms with Gasteiger partial charge in [0.05, 0.1) is 12.7 Å². The quantitative estimate of drug-likeness (QED) is 0.556. The number of rotatable bonds is 5. The highest BCUT2D eigenvalue weighted by Crippen LogP contribution is 2.14. The predicted octanol–water partition coefficient (Wildman–Crippen LogP) is 2.69. The molecule has 0 atom stereocenters. The Morgan fingerprint density at radius 1 is 0.926 bits per heavy atom. The van der Waals surface area contributed by atoms with Crippen molar-refractivity contribution >= 4 is 23.3 Å². The van der Waals surface area contributed by atoms with Gasteiger partial charge in [0.15, 0.2) is 5.82 Å². The fraction of sp³-hybridized carbons (Fsp3) is 0.100. The predicted molar refractivity (Wildman–Crippen MR) is 98.8 cm³/mol. The number of aromatic nitrogens is 2. The monoisotopic (exact) mass is 363 g/mol. The SMILES string of the molecule is COC(=O)c1ccc(C(=O)Nc2ccc(C(=O)c3nccn3C)cc2)cc1. The molecule has 0 saturated heterocycles. The number of hydrogen-bond acceptors (Lipinski definition) is 5. The summed E-state index contributed by atoms with van der Waals surface area (Å²) in [7, 11) is 3.05. The Morgan fingerprint density at radius 3 is 2.07 bits per heavy atom. The van der Waals surface area contributed by atoms with Crippen LogP contribution in [0.2, 0.25) is 0 Å². The average molecular weight is 363 g/mol. The molecular formula is C20H17N3O4. The van der Waals surface area contributed by atoms with Gasteiger partial charge in [-0.15, -0.1) is 0 Å². The van der Waals surface area contributed by atoms with Crippen LogP contribution in [-0.2, 0) is 11.8 Å². The first kappa shape index (κ1) is 18.1. The summed E-state index contributed by atoms with van der Waals surface area (Å²) >= 11 is 0. The Bertz CT molecular complexity index is 989. The lowest BCUT2D eigenvalue weighted by atomic mass is 10.1. The van der Waals surface area contributed by atoms with E-state index < -0.39 is 5.97 Å². The molecule has 7 nitrogen and oxygen atoms in total. The highest BCUT2D eigenvalue weighted by atomic mass is 16.5. The maximum Gasteiger partial charge on any atom is 0.337 e. The molecule has 3 aromatic rings. The molecule has 0 fully saturated rings. The Labute approximate surface area is 155 Å². The van der Waals surface area contributed by atoms with Crippen molar-refractivity contribution in [2.75, 3.05) is 12.4 Å². The molecule has 0 unspecified atom stereocenters. The third-order valence-electron chi connectivity index (χ3n) is 4.00. The second kappa shape index (κ2) is 7.65. The molecule has 0 aliphatic carbocycles. The van der Waals surface area contributed by atoms with Crippen molar-refractivity contribution in [2.24, 2.45) is 7.05 Å². The van der Waals surface area contributed by atoms with Crippen molar-refractivity contribution < 1.29 is 19.1 Å². The van der Waals surface area contributed by atoms with Crippen LogP contribution in [0.5, 0.6) is 0 Å². The van der Waals surface area contributed by atoms with Gasteiger partial charge in [-0.2, -0.15) is 0 Å². The van der Waals surface area contributed by atoms with Crippen molar-refractivity contribution in [3.63, 3.8) is 0 Å². The van der Waals surface area contributed by atoms with Crippen LogP contribution < -0.4 is 5.32 Å². The van der Waals surface area contributed by atoms with Crippen molar-refractivity contribution in [3.05, 3.63) is 83.4 Å². The summed E-state index contributed by atoms with van der Waals surface area (Å²) in [6.45, 7) is 0. The standard InChI is InChI=1S/C20H17N3O4/c1-23-12-11-21-18(23)17(24)13-7-9-16(10-8-13)22-19(25)14-3-5-15(6-4-14)20(26)27-2/h3-12H,1-2H3,(H,22,25). The van der Waals surface area contributed by atoms with Gasteiger partial charge in [0, 0.05) is 36.3 Å². The maximum absolute atomic E-state index is 12.4. The summed E-state index contributed by atoms with van der Waals surface area (Å²) in [5.74, 6) is -0.638. The summed E-state index contributed by atoms with van der Waals surface area (Å²) in [5.41, 5.74) is 1.79. The van der Waals surface area contributed by atoms with Crippen LogP contribution in [0.4, 0.5) is 5.69 Å². The number of methoxy groups -OCH3 is 1. The van der Waals surface area contributed by atoms with E-state index in [1.807, 2.05) is 0 Å². The molecule has 1 aromatic heterocycles. The van der Waals surface area contributed by atoms with E-state index in [0.29, 0.717) is 28.2 Å². The highest BCUT2D eigenvalue weighted by molar-refractivity contribution is 6.08. The highest BCUT2D eigenvalue weighted by Gasteiger charge is 2.14. The number of ether oxygens (including phenoxy) is 1. The molecule has 0 radical (unpaired) electrons. The first-order valence-electron chi connectivity index (χ1n) is 8.11. The lowest BCUT2D eigenvalue weighted by molar-refractivity contribution is 0.0600. The smallest absolute Gasteiger partial charge is 0.337 e. The zero-order chi connectivity index (χ0) is 19.4. The van der Waals surface area contributed by atoms with Gasteiger partial charge in [-0.05, 0) is 48.5 Å². The summed E-state index contributed by atoms with van der Waals surface area (Å²) in [4.78, 5) is 40.2. The Hall–Kier alpha value is -3.74. The third kappa shape index (κ3) is 3.92. The Kier molecular flexibility index (Phi) is 5.12. The van der Waals surface area contributed by atoms with Crippen LogP contribution in [0.15, 0.2) is 60.9 Å². The van der Waals surface area contributed by atoms with Crippen LogP contribution in [-0.4, -0.2) is 34.3 Å². The number of nitrogens with one attached hydrogen (secondary N) is 1. The molecule has 0 aliphatic rings. The van der Waals surface area contributed by atoms with E-state index in [1.165, 1.54) is 19.2 Å². The van der Waals surface area contributed by atoms with E-state index in [0.717, 1.165) is 0 Å². The van der Waals surface area contributed by atoms with Gasteiger partial charge >= 0.3 is 5.97 Å². The second-order valence-electron chi connectivity index (χ2n) is 5.79. The van der Waals surface area contributed by atoms with E-state index >= 15 is 0 Å². The summed E-state index contributed by atoms with van der Waals surface area (Å²) in [6.07, 6.45) is 3.26. The first-order chi connectivity index (χ1) is 13.0. The van der Waals surface area contributed by atoms with Gasteiger partial charge in [0.2, 0.25) is 5.78 Å². The minimum Gasteiger partial charge on any atom is -0.465 e. The molecule has 3 rings (SSSR count). The largest absolute Gasteiger partial charge is 0.465 e. The Morgan fingerprint density at radius 2 is 1.52 bits per heavy atom. The van der Waals surface area contributed by atoms with Crippen LogP contribution in [0.25, 0.3) is 0 Å². The van der Waals surface area contributed by atoms with Gasteiger partial charge in [-0.1, -0.05) is 0 Å². The summed E-state index contributed by atoms with van der Waals surface area (Å²) in [5, 5.41) is 2.75. The molecule has 2 aromatic carbocycles. The number of carbonyl (C=O) groups excluding carboxylic acids is 3. The number of carbonyl (C=O) groups is 3. The Balaban J connectivity index is 1.69. The van der Waals surface area contributed by atoms with Crippen LogP contribution in [0, 0.1) is 0 Å². The van der Waals surface area contributed by atoms with Crippen molar-refractivity contribution in [1.29, 1.82) is 0 Å². The van der Waals surface area contributed by atoms with Gasteiger partial charge in [0.25, 0.3) is 5.91 Å². The molecule has 136 valence electrons. The second-order valence-corrected chi connectivity index (χ2v) is 5.79. The molecule has 1 amide bonds. The number of anilines is 1. The molecule has 1 N–H and O–H groups in total. The number of benzene rings is 2. The van der Waals surface area contributed by atoms with Gasteiger partial charge < -0.3 is 14.6 Å². The average Bonchev–Trinajstić information content (AvgIpc) is 3.13. The van der Waals surface area contributed by atoms with E-state index in [9.17, 15) is 14.4 Å². The molecule has 7 heteroatoms. The molecule has 0 aliphatic heterocycles. The zero-order valence-corrected chi connectivity index (χ0v) is 14.8. The number of nitrogens with zero attached hydrogens (tertiary/aromatic N) is 2. The van der Waals surface area contributed by atoms with Crippen LogP contribution in [0.3, 0.4) is 0 Å². The fourth-order valence-corrected chi connectivity index (χ4v) is 2.50. The lowest BCUT2D eigenvalue weighted by Crippen LogP contribution is -2.13. The van der Waals surface area contributed by atoms with Gasteiger partial charge in [-0.3, -0.25) is 9.59 Å². The van der Waals surface area contributed by atoms with Gasteiger partial charge in [0.1, 0.15) is 0 Å². The normalized spacial score (nSPS) is 10.3. The lowest BCUT2D eigenvalue weighted by Gasteiger charge is -2.07. The number of hydrogen-bond donors (Lipinski definition) is 1. The number of aryl methyl sites for hydroxylation is 1. The third-order valence-corrected chi connectivity index (χ3v) is 4.00. The number of imidazole rings is 1. The maximum atomic E-state index is 12.4. The minimum atomic E-state index is -0.463. The summed E-state index contributed by atoms with van der Waals surface area (Å²) in [6, 6.07) is 12.7. The van der Waals surface area contributed by atoms with Crippen LogP contribution >= 0.6 is 0 Å². The minimum absolute atomic E-state index is 0.196. The number of ketones is 1. The van der Waals surface area contributed by atoms with Crippen molar-refractivity contribution in [2.45, 2.75) is 0 Å². The summed E-state index contributed by atoms with van der Waals surface area (Å²) < 4.78 is 6.27. The van der Waals surface area contributed by atoms with Crippen molar-refractivity contribution in [1.82, 2.24) is 9.55 Å². The zero-order valence-electron chi connectivity index (χ0n) is 14.8. The van der Waals surface area contributed by atoms with E-state index in [-0.39, 0.29) is 11.7 Å². The molecular weight excluding hydrogens is 346 g/mol.